The van der Waals surface area contributed by atoms with Crippen molar-refractivity contribution in [1.29, 1.82) is 0 Å². The first kappa shape index (κ1) is 33.7. The van der Waals surface area contributed by atoms with Crippen LogP contribution in [-0.4, -0.2) is 30.3 Å². The van der Waals surface area contributed by atoms with Crippen molar-refractivity contribution >= 4 is 34.5 Å². The number of halogens is 2. The van der Waals surface area contributed by atoms with Gasteiger partial charge in [0.1, 0.15) is 28.7 Å². The van der Waals surface area contributed by atoms with Gasteiger partial charge >= 0.3 is 0 Å². The van der Waals surface area contributed by atoms with Crippen LogP contribution >= 0.6 is 11.6 Å². The Morgan fingerprint density at radius 3 is 1.67 bits per heavy atom. The highest BCUT2D eigenvalue weighted by atomic mass is 35.5. The number of rotatable bonds is 11. The zero-order valence-corrected chi connectivity index (χ0v) is 29.5. The van der Waals surface area contributed by atoms with Gasteiger partial charge in [-0.1, -0.05) is 60.1 Å². The number of pyridine rings is 2. The molecule has 0 bridgehead atoms. The number of hydrogen-bond donors (Lipinski definition) is 0. The van der Waals surface area contributed by atoms with Crippen LogP contribution in [0.1, 0.15) is 49.7 Å². The Labute approximate surface area is 307 Å². The second kappa shape index (κ2) is 14.7. The molecule has 2 aliphatic carbocycles. The third-order valence-corrected chi connectivity index (χ3v) is 10.1. The summed E-state index contributed by atoms with van der Waals surface area (Å²) in [6, 6.07) is 30.5. The molecule has 9 rings (SSSR count). The Hall–Kier alpha value is -5.40. The number of hydrogen-bond acceptors (Lipinski definition) is 4. The summed E-state index contributed by atoms with van der Waals surface area (Å²) in [5.41, 5.74) is 9.82. The van der Waals surface area contributed by atoms with Crippen LogP contribution < -0.4 is 0 Å². The Morgan fingerprint density at radius 1 is 0.615 bits per heavy atom. The summed E-state index contributed by atoms with van der Waals surface area (Å²) >= 11 is 6.01. The van der Waals surface area contributed by atoms with E-state index in [1.54, 1.807) is 12.1 Å². The fourth-order valence-corrected chi connectivity index (χ4v) is 6.91. The first-order valence-corrected chi connectivity index (χ1v) is 18.3. The van der Waals surface area contributed by atoms with Crippen molar-refractivity contribution in [1.82, 2.24) is 18.8 Å². The molecule has 8 heteroatoms. The molecule has 0 N–H and O–H groups in total. The Morgan fingerprint density at radius 2 is 1.13 bits per heavy atom. The van der Waals surface area contributed by atoms with Gasteiger partial charge in [0.15, 0.2) is 0 Å². The van der Waals surface area contributed by atoms with Gasteiger partial charge in [0.25, 0.3) is 0 Å². The van der Waals surface area contributed by atoms with Gasteiger partial charge in [-0.3, -0.25) is 18.4 Å². The zero-order chi connectivity index (χ0) is 35.6. The lowest BCUT2D eigenvalue weighted by atomic mass is 10.0. The van der Waals surface area contributed by atoms with Crippen LogP contribution in [0.4, 0.5) is 4.39 Å². The average Bonchev–Trinajstić information content (AvgIpc) is 4.06. The molecule has 7 aromatic rings. The second-order valence-electron chi connectivity index (χ2n) is 14.1. The van der Waals surface area contributed by atoms with Gasteiger partial charge in [0.2, 0.25) is 0 Å². The predicted molar refractivity (Wildman–Crippen MR) is 204 cm³/mol. The Bertz CT molecular complexity index is 2410. The van der Waals surface area contributed by atoms with Crippen LogP contribution in [0.25, 0.3) is 44.9 Å². The molecule has 0 radical (unpaired) electrons. The van der Waals surface area contributed by atoms with Crippen LogP contribution in [0.15, 0.2) is 122 Å². The molecule has 52 heavy (non-hydrogen) atoms. The van der Waals surface area contributed by atoms with Crippen LogP contribution in [0, 0.1) is 17.7 Å². The quantitative estimate of drug-likeness (QED) is 0.134. The number of ketones is 2. The monoisotopic (exact) mass is 708 g/mol. The number of benzene rings is 3. The summed E-state index contributed by atoms with van der Waals surface area (Å²) in [6.45, 7) is 0. The van der Waals surface area contributed by atoms with E-state index < -0.39 is 0 Å². The molecule has 2 fully saturated rings. The largest absolute Gasteiger partial charge is 0.300 e. The van der Waals surface area contributed by atoms with Gasteiger partial charge in [-0.25, -0.2) is 14.4 Å². The molecule has 0 atom stereocenters. The van der Waals surface area contributed by atoms with Crippen molar-refractivity contribution < 1.29 is 14.0 Å². The van der Waals surface area contributed by atoms with Crippen molar-refractivity contribution in [3.8, 4) is 33.6 Å². The van der Waals surface area contributed by atoms with Gasteiger partial charge in [0, 0.05) is 60.3 Å². The topological polar surface area (TPSA) is 68.7 Å². The number of Topliss-reactive ketones (excluding diaryl/α,β-unsaturated/α-hetero) is 2. The van der Waals surface area contributed by atoms with E-state index in [1.165, 1.54) is 37.8 Å². The van der Waals surface area contributed by atoms with Crippen molar-refractivity contribution in [3.05, 3.63) is 144 Å². The van der Waals surface area contributed by atoms with Gasteiger partial charge in [-0.05, 0) is 102 Å². The second-order valence-corrected chi connectivity index (χ2v) is 14.6. The first-order chi connectivity index (χ1) is 25.3. The molecule has 260 valence electrons. The van der Waals surface area contributed by atoms with E-state index in [1.807, 2.05) is 94.3 Å². The highest BCUT2D eigenvalue weighted by Crippen LogP contribution is 2.34. The fourth-order valence-electron chi connectivity index (χ4n) is 6.75. The van der Waals surface area contributed by atoms with Crippen LogP contribution in [0.3, 0.4) is 0 Å². The van der Waals surface area contributed by atoms with Crippen molar-refractivity contribution in [2.24, 2.45) is 11.8 Å². The number of carbonyl (C=O) groups excluding carboxylic acids is 2. The maximum Gasteiger partial charge on any atom is 0.138 e. The summed E-state index contributed by atoms with van der Waals surface area (Å²) in [5.74, 6) is 1.70. The van der Waals surface area contributed by atoms with E-state index in [0.29, 0.717) is 47.7 Å². The lowest BCUT2D eigenvalue weighted by molar-refractivity contribution is -0.119. The summed E-state index contributed by atoms with van der Waals surface area (Å²) < 4.78 is 17.2. The SMILES string of the molecule is O=C(Cc1cccc(-c2cnc3cc(-c4ccc(F)cc4)ccn23)c1)CC1CC1.O=C(Cc1cccc(-c2cnc3cc(Cl)ccn23)c1)CC1CC1. The van der Waals surface area contributed by atoms with Crippen LogP contribution in [0.5, 0.6) is 0 Å². The number of nitrogens with zero attached hydrogens (tertiary/aromatic N) is 4. The van der Waals surface area contributed by atoms with Crippen molar-refractivity contribution in [2.45, 2.75) is 51.4 Å². The molecule has 4 aromatic heterocycles. The third-order valence-electron chi connectivity index (χ3n) is 9.84. The van der Waals surface area contributed by atoms with Gasteiger partial charge in [-0.2, -0.15) is 0 Å². The molecular weight excluding hydrogens is 671 g/mol. The van der Waals surface area contributed by atoms with E-state index in [4.69, 9.17) is 11.6 Å². The van der Waals surface area contributed by atoms with Gasteiger partial charge in [-0.15, -0.1) is 0 Å². The van der Waals surface area contributed by atoms with Crippen molar-refractivity contribution in [3.63, 3.8) is 0 Å². The van der Waals surface area contributed by atoms with E-state index in [2.05, 4.69) is 22.1 Å². The molecule has 0 unspecified atom stereocenters. The van der Waals surface area contributed by atoms with E-state index in [9.17, 15) is 14.0 Å². The Balaban J connectivity index is 0.000000153. The minimum absolute atomic E-state index is 0.242. The minimum atomic E-state index is -0.242. The summed E-state index contributed by atoms with van der Waals surface area (Å²) in [6.07, 6.45) is 14.9. The molecular formula is C44H38ClFN4O2. The highest BCUT2D eigenvalue weighted by molar-refractivity contribution is 6.30. The number of carbonyl (C=O) groups is 2. The van der Waals surface area contributed by atoms with E-state index >= 15 is 0 Å². The normalized spacial score (nSPS) is 14.0. The summed E-state index contributed by atoms with van der Waals surface area (Å²) in [7, 11) is 0. The smallest absolute Gasteiger partial charge is 0.138 e. The Kier molecular flexibility index (Phi) is 9.52. The molecule has 3 aromatic carbocycles. The minimum Gasteiger partial charge on any atom is -0.300 e. The maximum atomic E-state index is 13.2. The van der Waals surface area contributed by atoms with Gasteiger partial charge < -0.3 is 0 Å². The van der Waals surface area contributed by atoms with E-state index in [-0.39, 0.29) is 5.82 Å². The average molecular weight is 709 g/mol. The first-order valence-electron chi connectivity index (χ1n) is 17.9. The fraction of sp³-hybridized carbons (Fsp3) is 0.227. The van der Waals surface area contributed by atoms with Gasteiger partial charge in [0.05, 0.1) is 23.8 Å². The molecule has 0 aliphatic heterocycles. The molecule has 0 amide bonds. The molecule has 0 saturated heterocycles. The lowest BCUT2D eigenvalue weighted by Crippen LogP contribution is -2.03. The molecule has 2 aliphatic rings. The van der Waals surface area contributed by atoms with Crippen LogP contribution in [0.2, 0.25) is 5.02 Å². The van der Waals surface area contributed by atoms with E-state index in [0.717, 1.165) is 62.5 Å². The number of aromatic nitrogens is 4. The molecule has 2 saturated carbocycles. The standard InChI is InChI=1S/C25H21FN2O.C19H17ClN2O/c26-22-8-6-19(7-9-22)20-10-11-28-24(16-27-25(28)15-20)21-3-1-2-18(12-21)14-23(29)13-17-4-5-17;20-16-6-7-22-18(12-21-19(22)11-16)15-3-1-2-14(8-15)10-17(23)9-13-4-5-13/h1-3,6-12,15-17H,4-5,13-14H2;1-3,6-8,11-13H,4-5,9-10H2. The highest BCUT2D eigenvalue weighted by Gasteiger charge is 2.25. The molecule has 6 nitrogen and oxygen atoms in total. The number of imidazole rings is 2. The molecule has 0 spiro atoms. The summed E-state index contributed by atoms with van der Waals surface area (Å²) in [5, 5.41) is 0.675. The van der Waals surface area contributed by atoms with Crippen LogP contribution in [-0.2, 0) is 22.4 Å². The predicted octanol–water partition coefficient (Wildman–Crippen LogP) is 10.3. The zero-order valence-electron chi connectivity index (χ0n) is 28.7. The summed E-state index contributed by atoms with van der Waals surface area (Å²) in [4.78, 5) is 33.3. The maximum absolute atomic E-state index is 13.2. The molecule has 4 heterocycles. The lowest BCUT2D eigenvalue weighted by Gasteiger charge is -2.07. The van der Waals surface area contributed by atoms with Crippen molar-refractivity contribution in [2.75, 3.05) is 0 Å². The third kappa shape index (κ3) is 8.05. The number of fused-ring (bicyclic) bond motifs is 2.